The Labute approximate surface area is 218 Å². The Balaban J connectivity index is 1.45. The van der Waals surface area contributed by atoms with Crippen LogP contribution in [0.5, 0.6) is 17.2 Å². The Hall–Kier alpha value is -4.37. The van der Waals surface area contributed by atoms with Crippen LogP contribution in [0.25, 0.3) is 11.3 Å². The standard InChI is InChI=1S/C28H26N4O4S/c1-35-26-13-19(7-12-25(26)36-16-18-5-3-2-4-6-18)15-30-32-23(17-37-28(32)31-21-9-10-21)20-8-11-24(33)22(14-20)27(29)34/h2-8,11-15,17,21,33H,9-10,16H2,1H3,(H2,29,34). The van der Waals surface area contributed by atoms with Crippen LogP contribution in [0.3, 0.4) is 0 Å². The molecule has 9 heteroatoms. The predicted octanol–water partition coefficient (Wildman–Crippen LogP) is 4.55. The number of phenols is 1. The summed E-state index contributed by atoms with van der Waals surface area (Å²) >= 11 is 1.47. The third-order valence-electron chi connectivity index (χ3n) is 5.83. The van der Waals surface area contributed by atoms with Crippen molar-refractivity contribution in [3.63, 3.8) is 0 Å². The van der Waals surface area contributed by atoms with Gasteiger partial charge in [-0.2, -0.15) is 5.10 Å². The fraction of sp³-hybridized carbons (Fsp3) is 0.179. The summed E-state index contributed by atoms with van der Waals surface area (Å²) in [4.78, 5) is 17.3. The summed E-state index contributed by atoms with van der Waals surface area (Å²) in [5.41, 5.74) is 8.80. The molecule has 37 heavy (non-hydrogen) atoms. The van der Waals surface area contributed by atoms with Gasteiger partial charge in [-0.25, -0.2) is 4.68 Å². The highest BCUT2D eigenvalue weighted by Crippen LogP contribution is 2.30. The maximum Gasteiger partial charge on any atom is 0.252 e. The summed E-state index contributed by atoms with van der Waals surface area (Å²) in [6.07, 6.45) is 3.84. The number of methoxy groups -OCH3 is 1. The molecule has 5 rings (SSSR count). The van der Waals surface area contributed by atoms with Crippen LogP contribution in [0, 0.1) is 0 Å². The highest BCUT2D eigenvalue weighted by molar-refractivity contribution is 7.07. The van der Waals surface area contributed by atoms with Crippen molar-refractivity contribution >= 4 is 23.5 Å². The maximum absolute atomic E-state index is 11.8. The minimum absolute atomic E-state index is 0.0516. The second-order valence-corrected chi connectivity index (χ2v) is 9.44. The summed E-state index contributed by atoms with van der Waals surface area (Å²) in [5.74, 6) is 0.378. The van der Waals surface area contributed by atoms with E-state index in [0.29, 0.717) is 29.7 Å². The molecule has 3 N–H and O–H groups in total. The molecule has 3 aromatic carbocycles. The largest absolute Gasteiger partial charge is 0.507 e. The van der Waals surface area contributed by atoms with Crippen molar-refractivity contribution in [2.24, 2.45) is 15.8 Å². The summed E-state index contributed by atoms with van der Waals surface area (Å²) in [6.45, 7) is 0.435. The van der Waals surface area contributed by atoms with E-state index in [1.54, 1.807) is 30.1 Å². The van der Waals surface area contributed by atoms with Gasteiger partial charge in [0, 0.05) is 10.9 Å². The molecule has 0 unspecified atom stereocenters. The molecule has 1 saturated carbocycles. The SMILES string of the molecule is COc1cc(C=Nn2c(-c3ccc(O)c(C(N)=O)c3)csc2=NC2CC2)ccc1OCc1ccccc1. The van der Waals surface area contributed by atoms with Gasteiger partial charge in [-0.15, -0.1) is 11.3 Å². The van der Waals surface area contributed by atoms with Crippen molar-refractivity contribution in [2.45, 2.75) is 25.5 Å². The van der Waals surface area contributed by atoms with Gasteiger partial charge in [0.2, 0.25) is 4.80 Å². The van der Waals surface area contributed by atoms with E-state index >= 15 is 0 Å². The van der Waals surface area contributed by atoms with Gasteiger partial charge < -0.3 is 20.3 Å². The Kier molecular flexibility index (Phi) is 7.04. The molecule has 0 spiro atoms. The van der Waals surface area contributed by atoms with Crippen LogP contribution in [0.1, 0.15) is 34.3 Å². The highest BCUT2D eigenvalue weighted by Gasteiger charge is 2.21. The molecule has 0 atom stereocenters. The number of nitrogens with zero attached hydrogens (tertiary/aromatic N) is 3. The molecule has 1 heterocycles. The van der Waals surface area contributed by atoms with Gasteiger partial charge >= 0.3 is 0 Å². The van der Waals surface area contributed by atoms with Crippen molar-refractivity contribution in [3.8, 4) is 28.5 Å². The first-order chi connectivity index (χ1) is 18.0. The van der Waals surface area contributed by atoms with Crippen molar-refractivity contribution in [1.29, 1.82) is 0 Å². The smallest absolute Gasteiger partial charge is 0.252 e. The van der Waals surface area contributed by atoms with E-state index in [2.05, 4.69) is 0 Å². The molecule has 1 aromatic heterocycles. The molecule has 188 valence electrons. The summed E-state index contributed by atoms with van der Waals surface area (Å²) < 4.78 is 13.3. The minimum Gasteiger partial charge on any atom is -0.507 e. The molecule has 1 amide bonds. The number of aromatic hydroxyl groups is 1. The lowest BCUT2D eigenvalue weighted by molar-refractivity contribution is 0.0998. The number of carbonyl (C=O) groups excluding carboxylic acids is 1. The summed E-state index contributed by atoms with van der Waals surface area (Å²) in [7, 11) is 1.60. The van der Waals surface area contributed by atoms with Crippen LogP contribution in [0.4, 0.5) is 0 Å². The van der Waals surface area contributed by atoms with Crippen LogP contribution in [0.15, 0.2) is 82.2 Å². The van der Waals surface area contributed by atoms with Gasteiger partial charge in [0.15, 0.2) is 11.5 Å². The number of hydrogen-bond donors (Lipinski definition) is 2. The van der Waals surface area contributed by atoms with Crippen molar-refractivity contribution in [3.05, 3.63) is 93.6 Å². The quantitative estimate of drug-likeness (QED) is 0.319. The Morgan fingerprint density at radius 2 is 1.95 bits per heavy atom. The van der Waals surface area contributed by atoms with E-state index in [4.69, 9.17) is 25.3 Å². The first-order valence-electron chi connectivity index (χ1n) is 11.8. The molecular formula is C28H26N4O4S. The minimum atomic E-state index is -0.700. The van der Waals surface area contributed by atoms with Crippen LogP contribution in [-0.2, 0) is 6.61 Å². The van der Waals surface area contributed by atoms with E-state index < -0.39 is 5.91 Å². The van der Waals surface area contributed by atoms with Crippen LogP contribution >= 0.6 is 11.3 Å². The highest BCUT2D eigenvalue weighted by atomic mass is 32.1. The number of amides is 1. The molecule has 1 aliphatic rings. The zero-order chi connectivity index (χ0) is 25.8. The number of nitrogens with two attached hydrogens (primary N) is 1. The normalized spacial score (nSPS) is 13.7. The zero-order valence-electron chi connectivity index (χ0n) is 20.2. The molecule has 1 aliphatic carbocycles. The van der Waals surface area contributed by atoms with Gasteiger partial charge in [-0.1, -0.05) is 30.3 Å². The second-order valence-electron chi connectivity index (χ2n) is 8.60. The first-order valence-corrected chi connectivity index (χ1v) is 12.7. The summed E-state index contributed by atoms with van der Waals surface area (Å²) in [6, 6.07) is 20.6. The lowest BCUT2D eigenvalue weighted by atomic mass is 10.1. The number of thiazole rings is 1. The molecule has 1 fully saturated rings. The summed E-state index contributed by atoms with van der Waals surface area (Å²) in [5, 5.41) is 16.7. The first kappa shape index (κ1) is 24.3. The number of benzene rings is 3. The Bertz CT molecular complexity index is 1520. The number of aromatic nitrogens is 1. The molecule has 0 bridgehead atoms. The van der Waals surface area contributed by atoms with Crippen LogP contribution in [-0.4, -0.2) is 35.1 Å². The van der Waals surface area contributed by atoms with Crippen molar-refractivity contribution in [1.82, 2.24) is 4.68 Å². The van der Waals surface area contributed by atoms with E-state index in [0.717, 1.165) is 34.5 Å². The number of rotatable bonds is 9. The Morgan fingerprint density at radius 3 is 2.68 bits per heavy atom. The van der Waals surface area contributed by atoms with Crippen LogP contribution < -0.4 is 20.0 Å². The topological polar surface area (TPSA) is 111 Å². The fourth-order valence-corrected chi connectivity index (χ4v) is 4.60. The number of carbonyl (C=O) groups is 1. The molecule has 0 aliphatic heterocycles. The average Bonchev–Trinajstić information content (AvgIpc) is 3.65. The third kappa shape index (κ3) is 5.73. The molecule has 4 aromatic rings. The molecular weight excluding hydrogens is 488 g/mol. The van der Waals surface area contributed by atoms with Crippen molar-refractivity contribution in [2.75, 3.05) is 7.11 Å². The molecule has 8 nitrogen and oxygen atoms in total. The molecule has 0 saturated heterocycles. The van der Waals surface area contributed by atoms with Crippen LogP contribution in [0.2, 0.25) is 0 Å². The number of ether oxygens (including phenoxy) is 2. The van der Waals surface area contributed by atoms with E-state index in [1.807, 2.05) is 53.9 Å². The average molecular weight is 515 g/mol. The van der Waals surface area contributed by atoms with E-state index in [-0.39, 0.29) is 11.3 Å². The lowest BCUT2D eigenvalue weighted by Gasteiger charge is -2.11. The fourth-order valence-electron chi connectivity index (χ4n) is 3.69. The Morgan fingerprint density at radius 1 is 1.14 bits per heavy atom. The second kappa shape index (κ2) is 10.7. The van der Waals surface area contributed by atoms with E-state index in [1.165, 1.54) is 17.4 Å². The number of primary amides is 1. The zero-order valence-corrected chi connectivity index (χ0v) is 21.0. The van der Waals surface area contributed by atoms with Gasteiger partial charge in [0.25, 0.3) is 5.91 Å². The van der Waals surface area contributed by atoms with E-state index in [9.17, 15) is 9.90 Å². The van der Waals surface area contributed by atoms with Gasteiger partial charge in [-0.05, 0) is 60.4 Å². The third-order valence-corrected chi connectivity index (χ3v) is 6.66. The van der Waals surface area contributed by atoms with Gasteiger partial charge in [-0.3, -0.25) is 9.79 Å². The molecule has 0 radical (unpaired) electrons. The lowest BCUT2D eigenvalue weighted by Crippen LogP contribution is -2.14. The van der Waals surface area contributed by atoms with Gasteiger partial charge in [0.05, 0.1) is 30.6 Å². The maximum atomic E-state index is 11.8. The monoisotopic (exact) mass is 514 g/mol. The number of hydrogen-bond acceptors (Lipinski definition) is 7. The predicted molar refractivity (Wildman–Crippen MR) is 143 cm³/mol. The van der Waals surface area contributed by atoms with Gasteiger partial charge in [0.1, 0.15) is 12.4 Å². The van der Waals surface area contributed by atoms with Crippen molar-refractivity contribution < 1.29 is 19.4 Å².